The maximum atomic E-state index is 13.1. The van der Waals surface area contributed by atoms with E-state index in [0.717, 1.165) is 53.0 Å². The Morgan fingerprint density at radius 2 is 1.79 bits per heavy atom. The van der Waals surface area contributed by atoms with Crippen LogP contribution in [0, 0.1) is 18.3 Å². The van der Waals surface area contributed by atoms with E-state index in [1.54, 1.807) is 4.57 Å². The van der Waals surface area contributed by atoms with Crippen molar-refractivity contribution in [3.8, 4) is 17.2 Å². The van der Waals surface area contributed by atoms with Crippen LogP contribution in [0.4, 0.5) is 0 Å². The van der Waals surface area contributed by atoms with Gasteiger partial charge in [0, 0.05) is 18.5 Å². The summed E-state index contributed by atoms with van der Waals surface area (Å²) in [5.41, 5.74) is 5.47. The Bertz CT molecular complexity index is 1090. The Balaban J connectivity index is 1.96. The lowest BCUT2D eigenvalue weighted by molar-refractivity contribution is 0.644. The molecule has 0 fully saturated rings. The summed E-state index contributed by atoms with van der Waals surface area (Å²) in [7, 11) is 0. The first-order valence-electron chi connectivity index (χ1n) is 10.3. The number of aromatic nitrogens is 2. The minimum absolute atomic E-state index is 0.0741. The van der Waals surface area contributed by atoms with E-state index >= 15 is 0 Å². The van der Waals surface area contributed by atoms with Gasteiger partial charge in [-0.15, -0.1) is 0 Å². The fraction of sp³-hybridized carbons (Fsp3) is 0.320. The molecule has 1 aromatic heterocycles. The number of aryl methyl sites for hydroxylation is 2. The molecule has 0 amide bonds. The zero-order chi connectivity index (χ0) is 20.8. The Morgan fingerprint density at radius 1 is 1.07 bits per heavy atom. The lowest BCUT2D eigenvalue weighted by atomic mass is 9.97. The van der Waals surface area contributed by atoms with Crippen LogP contribution in [-0.2, 0) is 19.4 Å². The molecule has 4 heteroatoms. The molecule has 0 spiro atoms. The van der Waals surface area contributed by atoms with Gasteiger partial charge in [-0.2, -0.15) is 5.26 Å². The summed E-state index contributed by atoms with van der Waals surface area (Å²) in [5, 5.41) is 9.34. The molecule has 3 aromatic rings. The summed E-state index contributed by atoms with van der Waals surface area (Å²) < 4.78 is 1.75. The highest BCUT2D eigenvalue weighted by Crippen LogP contribution is 2.24. The van der Waals surface area contributed by atoms with E-state index in [4.69, 9.17) is 4.98 Å². The quantitative estimate of drug-likeness (QED) is 0.572. The van der Waals surface area contributed by atoms with Crippen molar-refractivity contribution in [3.63, 3.8) is 0 Å². The molecule has 0 bridgehead atoms. The van der Waals surface area contributed by atoms with E-state index in [1.165, 1.54) is 0 Å². The minimum atomic E-state index is 0.0741. The Labute approximate surface area is 172 Å². The third-order valence-electron chi connectivity index (χ3n) is 5.32. The van der Waals surface area contributed by atoms with Gasteiger partial charge in [0.2, 0.25) is 0 Å². The molecule has 3 rings (SSSR count). The summed E-state index contributed by atoms with van der Waals surface area (Å²) in [6.45, 7) is 6.67. The fourth-order valence-electron chi connectivity index (χ4n) is 3.70. The van der Waals surface area contributed by atoms with Gasteiger partial charge in [0.1, 0.15) is 5.82 Å². The second-order valence-corrected chi connectivity index (χ2v) is 7.27. The molecular weight excluding hydrogens is 358 g/mol. The number of nitriles is 1. The van der Waals surface area contributed by atoms with Gasteiger partial charge in [0.15, 0.2) is 0 Å². The van der Waals surface area contributed by atoms with Crippen molar-refractivity contribution < 1.29 is 0 Å². The Kier molecular flexibility index (Phi) is 6.61. The first-order chi connectivity index (χ1) is 14.1. The Morgan fingerprint density at radius 3 is 2.45 bits per heavy atom. The summed E-state index contributed by atoms with van der Waals surface area (Å²) in [6.07, 6.45) is 3.51. The topological polar surface area (TPSA) is 58.7 Å². The number of rotatable bonds is 7. The van der Waals surface area contributed by atoms with Crippen LogP contribution in [0.15, 0.2) is 53.3 Å². The van der Waals surface area contributed by atoms with Gasteiger partial charge in [-0.25, -0.2) is 4.98 Å². The molecular formula is C25H27N3O. The zero-order valence-corrected chi connectivity index (χ0v) is 17.4. The predicted octanol–water partition coefficient (Wildman–Crippen LogP) is 5.04. The van der Waals surface area contributed by atoms with Gasteiger partial charge in [0.25, 0.3) is 5.56 Å². The summed E-state index contributed by atoms with van der Waals surface area (Å²) >= 11 is 0. The van der Waals surface area contributed by atoms with Crippen LogP contribution >= 0.6 is 0 Å². The van der Waals surface area contributed by atoms with Gasteiger partial charge >= 0.3 is 0 Å². The van der Waals surface area contributed by atoms with Crippen LogP contribution in [0.1, 0.15) is 54.9 Å². The van der Waals surface area contributed by atoms with Gasteiger partial charge in [-0.3, -0.25) is 9.36 Å². The molecule has 0 radical (unpaired) electrons. The summed E-state index contributed by atoms with van der Waals surface area (Å²) in [5.74, 6) is 0.788. The number of nitrogens with zero attached hydrogens (tertiary/aromatic N) is 3. The van der Waals surface area contributed by atoms with Crippen LogP contribution in [-0.4, -0.2) is 9.55 Å². The fourth-order valence-corrected chi connectivity index (χ4v) is 3.70. The van der Waals surface area contributed by atoms with Crippen molar-refractivity contribution >= 4 is 0 Å². The molecule has 0 atom stereocenters. The van der Waals surface area contributed by atoms with Crippen molar-refractivity contribution in [2.24, 2.45) is 0 Å². The average molecular weight is 386 g/mol. The van der Waals surface area contributed by atoms with Gasteiger partial charge in [-0.1, -0.05) is 55.8 Å². The first kappa shape index (κ1) is 20.5. The number of hydrogen-bond donors (Lipinski definition) is 0. The maximum Gasteiger partial charge on any atom is 0.257 e. The van der Waals surface area contributed by atoms with Crippen LogP contribution in [0.5, 0.6) is 0 Å². The second kappa shape index (κ2) is 9.34. The van der Waals surface area contributed by atoms with E-state index in [2.05, 4.69) is 13.0 Å². The van der Waals surface area contributed by atoms with Crippen LogP contribution in [0.3, 0.4) is 0 Å². The molecule has 2 aromatic carbocycles. The molecule has 4 nitrogen and oxygen atoms in total. The van der Waals surface area contributed by atoms with E-state index in [0.29, 0.717) is 18.5 Å². The molecule has 0 unspecified atom stereocenters. The van der Waals surface area contributed by atoms with E-state index < -0.39 is 0 Å². The number of benzene rings is 2. The minimum Gasteiger partial charge on any atom is -0.297 e. The zero-order valence-electron chi connectivity index (χ0n) is 17.4. The molecule has 0 aliphatic heterocycles. The summed E-state index contributed by atoms with van der Waals surface area (Å²) in [4.78, 5) is 17.8. The van der Waals surface area contributed by atoms with Crippen LogP contribution < -0.4 is 5.56 Å². The lowest BCUT2D eigenvalue weighted by Crippen LogP contribution is -2.28. The van der Waals surface area contributed by atoms with Crippen molar-refractivity contribution in [1.29, 1.82) is 5.26 Å². The van der Waals surface area contributed by atoms with Crippen molar-refractivity contribution in [3.05, 3.63) is 87.1 Å². The number of hydrogen-bond acceptors (Lipinski definition) is 3. The maximum absolute atomic E-state index is 13.1. The molecule has 1 heterocycles. The van der Waals surface area contributed by atoms with E-state index in [1.807, 2.05) is 62.4 Å². The smallest absolute Gasteiger partial charge is 0.257 e. The van der Waals surface area contributed by atoms with E-state index in [9.17, 15) is 10.1 Å². The highest BCUT2D eigenvalue weighted by atomic mass is 16.1. The third kappa shape index (κ3) is 4.46. The SMILES string of the molecule is CCCCc1nc(C)n(CC)c(=O)c1Cc1ccc(-c2ccccc2C#N)cc1. The first-order valence-corrected chi connectivity index (χ1v) is 10.3. The van der Waals surface area contributed by atoms with Gasteiger partial charge in [-0.05, 0) is 49.4 Å². The highest BCUT2D eigenvalue weighted by molar-refractivity contribution is 5.70. The average Bonchev–Trinajstić information content (AvgIpc) is 2.75. The lowest BCUT2D eigenvalue weighted by Gasteiger charge is -2.14. The van der Waals surface area contributed by atoms with Crippen molar-refractivity contribution in [2.75, 3.05) is 0 Å². The highest BCUT2D eigenvalue weighted by Gasteiger charge is 2.14. The normalized spacial score (nSPS) is 10.7. The molecule has 0 aliphatic carbocycles. The van der Waals surface area contributed by atoms with Crippen molar-refractivity contribution in [1.82, 2.24) is 9.55 Å². The largest absolute Gasteiger partial charge is 0.297 e. The monoisotopic (exact) mass is 385 g/mol. The number of unbranched alkanes of at least 4 members (excludes halogenated alkanes) is 1. The molecule has 0 aliphatic rings. The predicted molar refractivity (Wildman–Crippen MR) is 117 cm³/mol. The van der Waals surface area contributed by atoms with Crippen LogP contribution in [0.2, 0.25) is 0 Å². The molecule has 0 saturated heterocycles. The van der Waals surface area contributed by atoms with E-state index in [-0.39, 0.29) is 5.56 Å². The standard InChI is InChI=1S/C25H27N3O/c1-4-6-11-24-23(25(29)28(5-2)18(3)27-24)16-19-12-14-20(15-13-19)22-10-8-7-9-21(22)17-26/h7-10,12-15H,4-6,11,16H2,1-3H3. The van der Waals surface area contributed by atoms with Crippen molar-refractivity contribution in [2.45, 2.75) is 53.0 Å². The summed E-state index contributed by atoms with van der Waals surface area (Å²) in [6, 6.07) is 18.0. The molecule has 29 heavy (non-hydrogen) atoms. The molecule has 148 valence electrons. The van der Waals surface area contributed by atoms with Gasteiger partial charge in [0.05, 0.1) is 17.3 Å². The third-order valence-corrected chi connectivity index (χ3v) is 5.32. The second-order valence-electron chi connectivity index (χ2n) is 7.27. The molecule has 0 N–H and O–H groups in total. The van der Waals surface area contributed by atoms with Crippen LogP contribution in [0.25, 0.3) is 11.1 Å². The molecule has 0 saturated carbocycles. The Hall–Kier alpha value is -3.19. The van der Waals surface area contributed by atoms with Gasteiger partial charge < -0.3 is 0 Å².